The Bertz CT molecular complexity index is 1360. The minimum atomic E-state index is -3.77. The standard InChI is InChI=1S/C27H39FN6O3S/c1-6-17(2)26(35)33-16-21(9-20(33)12-28)34-25-11-22(38(36,37)31-27(5)7-8-27)10-24(23(25)13-29-34)32-14-18(3)30-19(4)15-32/h6,10-11,13,18-21,30-31H,7-9,12,14-16H2,1-5H3/b17-6-/t18-,19-,20-,21+/m0/s1. The van der Waals surface area contributed by atoms with E-state index in [1.165, 1.54) is 0 Å². The number of rotatable bonds is 7. The van der Waals surface area contributed by atoms with E-state index in [2.05, 4.69) is 28.8 Å². The number of carbonyl (C=O) groups is 1. The number of fused-ring (bicyclic) bond motifs is 1. The first-order valence-corrected chi connectivity index (χ1v) is 15.0. The third kappa shape index (κ3) is 5.08. The maximum atomic E-state index is 14.0. The van der Waals surface area contributed by atoms with Gasteiger partial charge < -0.3 is 15.1 Å². The van der Waals surface area contributed by atoms with Gasteiger partial charge in [0.05, 0.1) is 28.7 Å². The van der Waals surface area contributed by atoms with E-state index < -0.39 is 28.3 Å². The summed E-state index contributed by atoms with van der Waals surface area (Å²) in [5, 5.41) is 9.08. The molecule has 1 aliphatic carbocycles. The minimum absolute atomic E-state index is 0.177. The lowest BCUT2D eigenvalue weighted by Crippen LogP contribution is -2.54. The average molecular weight is 547 g/mol. The number of sulfonamides is 1. The first-order chi connectivity index (χ1) is 17.9. The van der Waals surface area contributed by atoms with E-state index in [1.807, 2.05) is 6.92 Å². The third-order valence-electron chi connectivity index (χ3n) is 8.20. The number of piperazine rings is 1. The monoisotopic (exact) mass is 546 g/mol. The lowest BCUT2D eigenvalue weighted by molar-refractivity contribution is -0.128. The molecule has 1 aromatic heterocycles. The molecule has 1 aromatic carbocycles. The summed E-state index contributed by atoms with van der Waals surface area (Å²) in [5.74, 6) is -0.177. The molecule has 2 saturated heterocycles. The highest BCUT2D eigenvalue weighted by atomic mass is 32.2. The van der Waals surface area contributed by atoms with Crippen molar-refractivity contribution in [2.75, 3.05) is 31.2 Å². The van der Waals surface area contributed by atoms with Gasteiger partial charge in [0.25, 0.3) is 0 Å². The summed E-state index contributed by atoms with van der Waals surface area (Å²) < 4.78 is 45.7. The Morgan fingerprint density at radius 3 is 2.53 bits per heavy atom. The number of alkyl halides is 1. The van der Waals surface area contributed by atoms with Gasteiger partial charge in [0.15, 0.2) is 0 Å². The van der Waals surface area contributed by atoms with Crippen LogP contribution in [-0.4, -0.2) is 79.0 Å². The zero-order valence-corrected chi connectivity index (χ0v) is 23.7. The molecule has 1 saturated carbocycles. The Morgan fingerprint density at radius 1 is 1.24 bits per heavy atom. The van der Waals surface area contributed by atoms with E-state index in [0.29, 0.717) is 24.1 Å². The summed E-state index contributed by atoms with van der Waals surface area (Å²) in [6, 6.07) is 3.12. The smallest absolute Gasteiger partial charge is 0.249 e. The largest absolute Gasteiger partial charge is 0.368 e. The van der Waals surface area contributed by atoms with Crippen LogP contribution in [0.5, 0.6) is 0 Å². The molecular weight excluding hydrogens is 507 g/mol. The number of nitrogens with zero attached hydrogens (tertiary/aromatic N) is 4. The van der Waals surface area contributed by atoms with Gasteiger partial charge in [0, 0.05) is 53.9 Å². The molecule has 3 aliphatic rings. The molecule has 0 bridgehead atoms. The Hall–Kier alpha value is -2.50. The number of likely N-dealkylation sites (tertiary alicyclic amines) is 1. The van der Waals surface area contributed by atoms with Crippen molar-refractivity contribution in [2.24, 2.45) is 0 Å². The van der Waals surface area contributed by atoms with Gasteiger partial charge in [-0.05, 0) is 66.0 Å². The van der Waals surface area contributed by atoms with E-state index >= 15 is 0 Å². The Labute approximate surface area is 224 Å². The number of carbonyl (C=O) groups excluding carboxylic acids is 1. The van der Waals surface area contributed by atoms with Gasteiger partial charge in [0.1, 0.15) is 6.67 Å². The van der Waals surface area contributed by atoms with Gasteiger partial charge in [0.2, 0.25) is 15.9 Å². The number of allylic oxidation sites excluding steroid dienone is 1. The molecule has 0 unspecified atom stereocenters. The molecule has 5 rings (SSSR count). The quantitative estimate of drug-likeness (QED) is 0.518. The van der Waals surface area contributed by atoms with Crippen LogP contribution < -0.4 is 14.9 Å². The van der Waals surface area contributed by atoms with Crippen molar-refractivity contribution < 1.29 is 17.6 Å². The molecule has 2 N–H and O–H groups in total. The van der Waals surface area contributed by atoms with Crippen molar-refractivity contribution in [3.8, 4) is 0 Å². The number of hydrogen-bond acceptors (Lipinski definition) is 6. The topological polar surface area (TPSA) is 99.6 Å². The van der Waals surface area contributed by atoms with Crippen molar-refractivity contribution in [3.63, 3.8) is 0 Å². The van der Waals surface area contributed by atoms with Crippen LogP contribution in [0.3, 0.4) is 0 Å². The molecule has 1 amide bonds. The van der Waals surface area contributed by atoms with Crippen LogP contribution in [0.15, 0.2) is 34.9 Å². The maximum absolute atomic E-state index is 14.0. The first kappa shape index (κ1) is 27.1. The predicted octanol–water partition coefficient (Wildman–Crippen LogP) is 3.13. The highest BCUT2D eigenvalue weighted by molar-refractivity contribution is 7.89. The molecule has 38 heavy (non-hydrogen) atoms. The van der Waals surface area contributed by atoms with E-state index in [4.69, 9.17) is 5.10 Å². The number of anilines is 1. The molecule has 9 nitrogen and oxygen atoms in total. The molecule has 2 aliphatic heterocycles. The van der Waals surface area contributed by atoms with Gasteiger partial charge in [-0.1, -0.05) is 6.08 Å². The van der Waals surface area contributed by atoms with Gasteiger partial charge >= 0.3 is 0 Å². The van der Waals surface area contributed by atoms with Crippen LogP contribution >= 0.6 is 0 Å². The van der Waals surface area contributed by atoms with Gasteiger partial charge in [-0.25, -0.2) is 17.5 Å². The second kappa shape index (κ2) is 9.91. The van der Waals surface area contributed by atoms with E-state index in [-0.39, 0.29) is 28.9 Å². The zero-order chi connectivity index (χ0) is 27.4. The number of hydrogen-bond donors (Lipinski definition) is 2. The van der Waals surface area contributed by atoms with Crippen LogP contribution in [0.4, 0.5) is 10.1 Å². The molecular formula is C27H39FN6O3S. The second-order valence-corrected chi connectivity index (χ2v) is 13.3. The lowest BCUT2D eigenvalue weighted by Gasteiger charge is -2.38. The molecule has 0 spiro atoms. The maximum Gasteiger partial charge on any atom is 0.249 e. The van der Waals surface area contributed by atoms with Crippen LogP contribution in [-0.2, 0) is 14.8 Å². The molecule has 3 heterocycles. The van der Waals surface area contributed by atoms with Crippen molar-refractivity contribution >= 4 is 32.5 Å². The summed E-state index contributed by atoms with van der Waals surface area (Å²) in [6.45, 7) is 10.8. The number of aromatic nitrogens is 2. The Balaban J connectivity index is 1.59. The number of nitrogens with one attached hydrogen (secondary N) is 2. The number of amides is 1. The molecule has 4 atom stereocenters. The molecule has 2 aromatic rings. The molecule has 11 heteroatoms. The Kier molecular flexibility index (Phi) is 7.06. The summed E-state index contributed by atoms with van der Waals surface area (Å²) in [5.41, 5.74) is 1.68. The van der Waals surface area contributed by atoms with Gasteiger partial charge in [-0.2, -0.15) is 5.10 Å². The van der Waals surface area contributed by atoms with Gasteiger partial charge in [-0.15, -0.1) is 0 Å². The molecule has 3 fully saturated rings. The highest BCUT2D eigenvalue weighted by Gasteiger charge is 2.42. The molecule has 208 valence electrons. The van der Waals surface area contributed by atoms with Crippen molar-refractivity contribution in [1.82, 2.24) is 24.7 Å². The molecule has 0 radical (unpaired) electrons. The zero-order valence-electron chi connectivity index (χ0n) is 22.9. The lowest BCUT2D eigenvalue weighted by atomic mass is 10.1. The fraction of sp³-hybridized carbons (Fsp3) is 0.630. The summed E-state index contributed by atoms with van der Waals surface area (Å²) in [7, 11) is -3.77. The minimum Gasteiger partial charge on any atom is -0.368 e. The summed E-state index contributed by atoms with van der Waals surface area (Å²) in [6.07, 6.45) is 5.56. The van der Waals surface area contributed by atoms with Crippen molar-refractivity contribution in [1.29, 1.82) is 0 Å². The summed E-state index contributed by atoms with van der Waals surface area (Å²) >= 11 is 0. The fourth-order valence-electron chi connectivity index (χ4n) is 5.82. The fourth-order valence-corrected chi connectivity index (χ4v) is 7.32. The van der Waals surface area contributed by atoms with E-state index in [0.717, 1.165) is 37.0 Å². The van der Waals surface area contributed by atoms with E-state index in [9.17, 15) is 17.6 Å². The van der Waals surface area contributed by atoms with Crippen LogP contribution in [0, 0.1) is 0 Å². The third-order valence-corrected chi connectivity index (χ3v) is 9.82. The van der Waals surface area contributed by atoms with Crippen LogP contribution in [0.25, 0.3) is 10.9 Å². The van der Waals surface area contributed by atoms with Crippen molar-refractivity contribution in [2.45, 2.75) is 88.5 Å². The van der Waals surface area contributed by atoms with Gasteiger partial charge in [-0.3, -0.25) is 9.48 Å². The summed E-state index contributed by atoms with van der Waals surface area (Å²) in [4.78, 5) is 16.9. The SMILES string of the molecule is C/C=C(/C)C(=O)N1C[C@H](n2ncc3c(N4C[C@H](C)N[C@@H](C)C4)cc(S(=O)(=O)NC4(C)CC4)cc32)C[C@H]1CF. The van der Waals surface area contributed by atoms with E-state index in [1.54, 1.807) is 47.8 Å². The Morgan fingerprint density at radius 2 is 1.92 bits per heavy atom. The average Bonchev–Trinajstić information content (AvgIpc) is 3.26. The highest BCUT2D eigenvalue weighted by Crippen LogP contribution is 2.39. The van der Waals surface area contributed by atoms with Crippen LogP contribution in [0.1, 0.15) is 59.9 Å². The second-order valence-electron chi connectivity index (χ2n) is 11.6. The van der Waals surface area contributed by atoms with Crippen LogP contribution in [0.2, 0.25) is 0 Å². The predicted molar refractivity (Wildman–Crippen MR) is 147 cm³/mol. The number of halogens is 1. The normalized spacial score (nSPS) is 27.8. The number of benzene rings is 1. The first-order valence-electron chi connectivity index (χ1n) is 13.5. The van der Waals surface area contributed by atoms with Crippen molar-refractivity contribution in [3.05, 3.63) is 30.0 Å².